The molecule has 0 aromatic carbocycles. The Morgan fingerprint density at radius 1 is 1.22 bits per heavy atom. The van der Waals surface area contributed by atoms with Crippen molar-refractivity contribution >= 4 is 45.3 Å². The minimum absolute atomic E-state index is 0.0281. The number of nitrogens with one attached hydrogen (secondary N) is 1. The first-order chi connectivity index (χ1) is 11.1. The topological polar surface area (TPSA) is 61.4 Å². The number of piperazine rings is 1. The molecule has 0 aliphatic carbocycles. The number of hydrogen-bond acceptors (Lipinski definition) is 7. The first kappa shape index (κ1) is 16.8. The van der Waals surface area contributed by atoms with E-state index in [-0.39, 0.29) is 5.91 Å². The number of aryl methyl sites for hydroxylation is 1. The van der Waals surface area contributed by atoms with Gasteiger partial charge in [0.25, 0.3) is 0 Å². The smallest absolute Gasteiger partial charge is 0.240 e. The van der Waals surface area contributed by atoms with E-state index in [2.05, 4.69) is 31.4 Å². The summed E-state index contributed by atoms with van der Waals surface area (Å²) in [6.45, 7) is 6.90. The summed E-state index contributed by atoms with van der Waals surface area (Å²) in [6, 6.07) is 4.02. The monoisotopic (exact) mass is 371 g/mol. The van der Waals surface area contributed by atoms with Crippen molar-refractivity contribution in [2.75, 3.05) is 38.0 Å². The molecule has 6 nitrogen and oxygen atoms in total. The largest absolute Gasteiger partial charge is 0.299 e. The first-order valence-corrected chi connectivity index (χ1v) is 9.38. The number of rotatable bonds is 5. The van der Waals surface area contributed by atoms with E-state index in [4.69, 9.17) is 11.6 Å². The van der Waals surface area contributed by atoms with E-state index < -0.39 is 0 Å². The fourth-order valence-corrected chi connectivity index (χ4v) is 4.21. The molecule has 0 saturated carbocycles. The molecule has 0 bridgehead atoms. The molecule has 1 fully saturated rings. The van der Waals surface area contributed by atoms with Gasteiger partial charge >= 0.3 is 0 Å². The molecule has 0 radical (unpaired) electrons. The highest BCUT2D eigenvalue weighted by molar-refractivity contribution is 7.16. The van der Waals surface area contributed by atoms with E-state index in [0.717, 1.165) is 42.1 Å². The molecule has 2 aromatic heterocycles. The number of carbonyl (C=O) groups excluding carboxylic acids is 1. The SMILES string of the molecule is Cc1nnc(NC(=O)CN2CCN(Cc3ccc(Cl)s3)CC2)s1. The van der Waals surface area contributed by atoms with Crippen LogP contribution in [-0.4, -0.2) is 58.6 Å². The Labute approximate surface area is 148 Å². The van der Waals surface area contributed by atoms with Gasteiger partial charge in [0.2, 0.25) is 11.0 Å². The van der Waals surface area contributed by atoms with Gasteiger partial charge in [-0.05, 0) is 19.1 Å². The van der Waals surface area contributed by atoms with Crippen LogP contribution >= 0.6 is 34.3 Å². The Morgan fingerprint density at radius 2 is 1.96 bits per heavy atom. The minimum atomic E-state index is -0.0281. The van der Waals surface area contributed by atoms with Crippen LogP contribution < -0.4 is 5.32 Å². The van der Waals surface area contributed by atoms with Gasteiger partial charge in [-0.3, -0.25) is 19.9 Å². The van der Waals surface area contributed by atoms with E-state index in [1.54, 1.807) is 11.3 Å². The predicted molar refractivity (Wildman–Crippen MR) is 94.3 cm³/mol. The average Bonchev–Trinajstić information content (AvgIpc) is 3.10. The lowest BCUT2D eigenvalue weighted by molar-refractivity contribution is -0.117. The number of nitrogens with zero attached hydrogens (tertiary/aromatic N) is 4. The van der Waals surface area contributed by atoms with Gasteiger partial charge in [-0.15, -0.1) is 21.5 Å². The zero-order chi connectivity index (χ0) is 16.2. The highest BCUT2D eigenvalue weighted by atomic mass is 35.5. The van der Waals surface area contributed by atoms with Crippen LogP contribution in [0.4, 0.5) is 5.13 Å². The molecule has 2 aromatic rings. The predicted octanol–water partition coefficient (Wildman–Crippen LogP) is 2.32. The van der Waals surface area contributed by atoms with E-state index in [1.807, 2.05) is 13.0 Å². The van der Waals surface area contributed by atoms with Gasteiger partial charge in [0, 0.05) is 37.6 Å². The van der Waals surface area contributed by atoms with Crippen molar-refractivity contribution < 1.29 is 4.79 Å². The number of anilines is 1. The normalized spacial score (nSPS) is 16.6. The molecule has 1 saturated heterocycles. The van der Waals surface area contributed by atoms with E-state index >= 15 is 0 Å². The number of aromatic nitrogens is 2. The lowest BCUT2D eigenvalue weighted by Crippen LogP contribution is -2.48. The summed E-state index contributed by atoms with van der Waals surface area (Å²) < 4.78 is 0.835. The van der Waals surface area contributed by atoms with Crippen molar-refractivity contribution in [2.45, 2.75) is 13.5 Å². The quantitative estimate of drug-likeness (QED) is 0.873. The molecule has 9 heteroatoms. The van der Waals surface area contributed by atoms with Gasteiger partial charge in [-0.25, -0.2) is 0 Å². The second-order valence-electron chi connectivity index (χ2n) is 5.43. The molecule has 1 aliphatic rings. The standard InChI is InChI=1S/C14H18ClN5OS2/c1-10-17-18-14(22-10)16-13(21)9-20-6-4-19(5-7-20)8-11-2-3-12(15)23-11/h2-3H,4-9H2,1H3,(H,16,18,21). The Hall–Kier alpha value is -1.06. The summed E-state index contributed by atoms with van der Waals surface area (Å²) in [7, 11) is 0. The second kappa shape index (κ2) is 7.67. The maximum Gasteiger partial charge on any atom is 0.240 e. The van der Waals surface area contributed by atoms with Crippen molar-refractivity contribution in [1.82, 2.24) is 20.0 Å². The number of hydrogen-bond donors (Lipinski definition) is 1. The Morgan fingerprint density at radius 3 is 2.57 bits per heavy atom. The summed E-state index contributed by atoms with van der Waals surface area (Å²) in [5.74, 6) is -0.0281. The van der Waals surface area contributed by atoms with Crippen LogP contribution in [0, 0.1) is 6.92 Å². The van der Waals surface area contributed by atoms with Gasteiger partial charge in [-0.2, -0.15) is 0 Å². The van der Waals surface area contributed by atoms with Crippen molar-refractivity contribution in [3.05, 3.63) is 26.4 Å². The molecule has 124 valence electrons. The van der Waals surface area contributed by atoms with Gasteiger partial charge < -0.3 is 0 Å². The molecule has 1 aliphatic heterocycles. The maximum atomic E-state index is 12.0. The first-order valence-electron chi connectivity index (χ1n) is 7.37. The van der Waals surface area contributed by atoms with Crippen LogP contribution in [0.15, 0.2) is 12.1 Å². The zero-order valence-electron chi connectivity index (χ0n) is 12.8. The maximum absolute atomic E-state index is 12.0. The summed E-state index contributed by atoms with van der Waals surface area (Å²) in [5.41, 5.74) is 0. The molecule has 0 atom stereocenters. The number of thiophene rings is 1. The lowest BCUT2D eigenvalue weighted by atomic mass is 10.3. The third-order valence-electron chi connectivity index (χ3n) is 3.61. The van der Waals surface area contributed by atoms with Gasteiger partial charge in [0.05, 0.1) is 10.9 Å². The van der Waals surface area contributed by atoms with E-state index in [1.165, 1.54) is 16.2 Å². The lowest BCUT2D eigenvalue weighted by Gasteiger charge is -2.33. The van der Waals surface area contributed by atoms with Crippen molar-refractivity contribution in [3.63, 3.8) is 0 Å². The van der Waals surface area contributed by atoms with Gasteiger partial charge in [0.1, 0.15) is 5.01 Å². The highest BCUT2D eigenvalue weighted by Crippen LogP contribution is 2.23. The summed E-state index contributed by atoms with van der Waals surface area (Å²) in [6.07, 6.45) is 0. The molecule has 0 unspecified atom stereocenters. The highest BCUT2D eigenvalue weighted by Gasteiger charge is 2.20. The van der Waals surface area contributed by atoms with Crippen LogP contribution in [-0.2, 0) is 11.3 Å². The van der Waals surface area contributed by atoms with E-state index in [9.17, 15) is 4.79 Å². The van der Waals surface area contributed by atoms with Crippen LogP contribution in [0.1, 0.15) is 9.88 Å². The van der Waals surface area contributed by atoms with Crippen molar-refractivity contribution in [1.29, 1.82) is 0 Å². The van der Waals surface area contributed by atoms with E-state index in [0.29, 0.717) is 11.7 Å². The number of halogens is 1. The third kappa shape index (κ3) is 4.95. The number of carbonyl (C=O) groups is 1. The van der Waals surface area contributed by atoms with Crippen LogP contribution in [0.5, 0.6) is 0 Å². The molecule has 1 N–H and O–H groups in total. The van der Waals surface area contributed by atoms with Crippen LogP contribution in [0.3, 0.4) is 0 Å². The fraction of sp³-hybridized carbons (Fsp3) is 0.500. The summed E-state index contributed by atoms with van der Waals surface area (Å²) >= 11 is 8.99. The number of amides is 1. The molecule has 0 spiro atoms. The van der Waals surface area contributed by atoms with Gasteiger partial charge in [0.15, 0.2) is 0 Å². The average molecular weight is 372 g/mol. The summed E-state index contributed by atoms with van der Waals surface area (Å²) in [4.78, 5) is 17.9. The van der Waals surface area contributed by atoms with Crippen LogP contribution in [0.25, 0.3) is 0 Å². The Kier molecular flexibility index (Phi) is 5.60. The van der Waals surface area contributed by atoms with Crippen molar-refractivity contribution in [2.24, 2.45) is 0 Å². The second-order valence-corrected chi connectivity index (χ2v) is 8.41. The molecule has 3 rings (SSSR count). The molecule has 3 heterocycles. The third-order valence-corrected chi connectivity index (χ3v) is 5.58. The summed E-state index contributed by atoms with van der Waals surface area (Å²) in [5, 5.41) is 12.0. The van der Waals surface area contributed by atoms with Crippen molar-refractivity contribution in [3.8, 4) is 0 Å². The van der Waals surface area contributed by atoms with Crippen LogP contribution in [0.2, 0.25) is 4.34 Å². The Bertz CT molecular complexity index is 666. The zero-order valence-corrected chi connectivity index (χ0v) is 15.2. The minimum Gasteiger partial charge on any atom is -0.299 e. The molecule has 1 amide bonds. The van der Waals surface area contributed by atoms with Gasteiger partial charge in [-0.1, -0.05) is 22.9 Å². The molecular formula is C14H18ClN5OS2. The Balaban J connectivity index is 1.41. The molecular weight excluding hydrogens is 354 g/mol. The fourth-order valence-electron chi connectivity index (χ4n) is 2.47. The molecule has 23 heavy (non-hydrogen) atoms.